The van der Waals surface area contributed by atoms with Gasteiger partial charge < -0.3 is 9.73 Å². The van der Waals surface area contributed by atoms with Gasteiger partial charge in [0.1, 0.15) is 5.76 Å². The maximum atomic E-state index is 5.21. The lowest BCUT2D eigenvalue weighted by atomic mass is 10.2. The highest BCUT2D eigenvalue weighted by molar-refractivity contribution is 5.45. The van der Waals surface area contributed by atoms with Crippen LogP contribution in [0.1, 0.15) is 24.2 Å². The Hall–Kier alpha value is -1.81. The minimum Gasteiger partial charge on any atom is -0.447 e. The molecule has 0 bridgehead atoms. The Morgan fingerprint density at radius 2 is 2.16 bits per heavy atom. The summed E-state index contributed by atoms with van der Waals surface area (Å²) >= 11 is 0. The summed E-state index contributed by atoms with van der Waals surface area (Å²) in [5.41, 5.74) is 2.50. The summed E-state index contributed by atoms with van der Waals surface area (Å²) in [7, 11) is 0. The van der Waals surface area contributed by atoms with Crippen LogP contribution >= 0.6 is 0 Å². The second kappa shape index (κ2) is 5.89. The highest BCUT2D eigenvalue weighted by Crippen LogP contribution is 2.16. The van der Waals surface area contributed by atoms with E-state index in [0.29, 0.717) is 6.54 Å². The molecule has 1 fully saturated rings. The Bertz CT molecular complexity index is 504. The minimum absolute atomic E-state index is 0.674. The van der Waals surface area contributed by atoms with E-state index in [4.69, 9.17) is 4.42 Å². The number of benzene rings is 1. The molecule has 4 heteroatoms. The average molecular weight is 257 g/mol. The second-order valence-corrected chi connectivity index (χ2v) is 5.00. The van der Waals surface area contributed by atoms with Crippen molar-refractivity contribution < 1.29 is 4.42 Å². The summed E-state index contributed by atoms with van der Waals surface area (Å²) in [6.07, 6.45) is 5.87. The Morgan fingerprint density at radius 3 is 2.95 bits per heavy atom. The number of nitrogens with zero attached hydrogens (tertiary/aromatic N) is 2. The fourth-order valence-electron chi connectivity index (χ4n) is 2.50. The van der Waals surface area contributed by atoms with Crippen LogP contribution in [0.3, 0.4) is 0 Å². The van der Waals surface area contributed by atoms with Gasteiger partial charge in [-0.15, -0.1) is 0 Å². The Kier molecular flexibility index (Phi) is 3.79. The topological polar surface area (TPSA) is 41.3 Å². The van der Waals surface area contributed by atoms with E-state index in [1.807, 2.05) is 0 Å². The number of nitrogens with one attached hydrogen (secondary N) is 1. The first-order chi connectivity index (χ1) is 9.40. The monoisotopic (exact) mass is 257 g/mol. The van der Waals surface area contributed by atoms with E-state index < -0.39 is 0 Å². The van der Waals surface area contributed by atoms with Crippen LogP contribution in [0.25, 0.3) is 0 Å². The van der Waals surface area contributed by atoms with Crippen LogP contribution < -0.4 is 5.32 Å². The molecule has 1 aromatic carbocycles. The molecule has 1 saturated heterocycles. The minimum atomic E-state index is 0.674. The van der Waals surface area contributed by atoms with Crippen LogP contribution in [0.2, 0.25) is 0 Å². The summed E-state index contributed by atoms with van der Waals surface area (Å²) < 4.78 is 5.21. The van der Waals surface area contributed by atoms with E-state index in [9.17, 15) is 0 Å². The third-order valence-corrected chi connectivity index (χ3v) is 3.48. The number of anilines is 1. The van der Waals surface area contributed by atoms with E-state index in [0.717, 1.165) is 18.0 Å². The zero-order chi connectivity index (χ0) is 12.9. The van der Waals surface area contributed by atoms with Gasteiger partial charge >= 0.3 is 0 Å². The number of aromatic nitrogens is 1. The lowest BCUT2D eigenvalue weighted by Crippen LogP contribution is -2.18. The molecule has 1 aliphatic rings. The standard InChI is InChI=1S/C15H19N3O/c1-2-7-18(6-1)11-13-4-3-5-14(8-13)17-10-15-9-16-12-19-15/h3-5,8-9,12,17H,1-2,6-7,10-11H2. The van der Waals surface area contributed by atoms with Gasteiger partial charge in [-0.05, 0) is 43.6 Å². The van der Waals surface area contributed by atoms with E-state index >= 15 is 0 Å². The summed E-state index contributed by atoms with van der Waals surface area (Å²) in [5.74, 6) is 0.852. The first-order valence-corrected chi connectivity index (χ1v) is 6.83. The van der Waals surface area contributed by atoms with Crippen molar-refractivity contribution in [2.24, 2.45) is 0 Å². The van der Waals surface area contributed by atoms with Crippen molar-refractivity contribution in [1.29, 1.82) is 0 Å². The summed E-state index contributed by atoms with van der Waals surface area (Å²) in [6.45, 7) is 4.19. The van der Waals surface area contributed by atoms with Gasteiger partial charge in [-0.25, -0.2) is 4.98 Å². The highest BCUT2D eigenvalue weighted by atomic mass is 16.3. The van der Waals surface area contributed by atoms with Gasteiger partial charge in [0.05, 0.1) is 12.7 Å². The predicted molar refractivity (Wildman–Crippen MR) is 74.8 cm³/mol. The zero-order valence-corrected chi connectivity index (χ0v) is 11.0. The molecule has 2 aromatic rings. The van der Waals surface area contributed by atoms with Gasteiger partial charge in [-0.2, -0.15) is 0 Å². The highest BCUT2D eigenvalue weighted by Gasteiger charge is 2.11. The first-order valence-electron chi connectivity index (χ1n) is 6.83. The van der Waals surface area contributed by atoms with Crippen LogP contribution in [-0.4, -0.2) is 23.0 Å². The van der Waals surface area contributed by atoms with Crippen molar-refractivity contribution >= 4 is 5.69 Å². The van der Waals surface area contributed by atoms with Gasteiger partial charge in [-0.3, -0.25) is 4.90 Å². The van der Waals surface area contributed by atoms with Crippen molar-refractivity contribution in [2.75, 3.05) is 18.4 Å². The maximum absolute atomic E-state index is 5.21. The molecule has 0 unspecified atom stereocenters. The number of hydrogen-bond donors (Lipinski definition) is 1. The molecule has 1 aromatic heterocycles. The Labute approximate surface area is 113 Å². The Balaban J connectivity index is 1.59. The fourth-order valence-corrected chi connectivity index (χ4v) is 2.50. The van der Waals surface area contributed by atoms with Crippen molar-refractivity contribution in [3.05, 3.63) is 48.2 Å². The molecule has 0 amide bonds. The molecule has 0 atom stereocenters. The number of oxazole rings is 1. The third-order valence-electron chi connectivity index (χ3n) is 3.48. The molecule has 100 valence electrons. The molecule has 0 radical (unpaired) electrons. The van der Waals surface area contributed by atoms with E-state index in [1.54, 1.807) is 6.20 Å². The quantitative estimate of drug-likeness (QED) is 0.894. The van der Waals surface area contributed by atoms with Crippen molar-refractivity contribution in [2.45, 2.75) is 25.9 Å². The molecular formula is C15H19N3O. The largest absolute Gasteiger partial charge is 0.447 e. The lowest BCUT2D eigenvalue weighted by Gasteiger charge is -2.15. The average Bonchev–Trinajstić information content (AvgIpc) is 3.10. The molecule has 1 aliphatic heterocycles. The van der Waals surface area contributed by atoms with Crippen LogP contribution in [-0.2, 0) is 13.1 Å². The molecule has 0 spiro atoms. The van der Waals surface area contributed by atoms with Crippen molar-refractivity contribution in [3.63, 3.8) is 0 Å². The molecule has 1 N–H and O–H groups in total. The van der Waals surface area contributed by atoms with Crippen molar-refractivity contribution in [1.82, 2.24) is 9.88 Å². The predicted octanol–water partition coefficient (Wildman–Crippen LogP) is 2.88. The summed E-state index contributed by atoms with van der Waals surface area (Å²) in [6, 6.07) is 8.60. The Morgan fingerprint density at radius 1 is 1.26 bits per heavy atom. The molecule has 0 saturated carbocycles. The first kappa shape index (κ1) is 12.2. The van der Waals surface area contributed by atoms with Crippen LogP contribution in [0, 0.1) is 0 Å². The van der Waals surface area contributed by atoms with Gasteiger partial charge in [0.15, 0.2) is 6.39 Å². The maximum Gasteiger partial charge on any atom is 0.180 e. The number of likely N-dealkylation sites (tertiary alicyclic amines) is 1. The SMILES string of the molecule is c1cc(CN2CCCC2)cc(NCc2cnco2)c1. The van der Waals surface area contributed by atoms with Gasteiger partial charge in [0, 0.05) is 12.2 Å². The van der Waals surface area contributed by atoms with Crippen LogP contribution in [0.5, 0.6) is 0 Å². The smallest absolute Gasteiger partial charge is 0.180 e. The molecule has 2 heterocycles. The van der Waals surface area contributed by atoms with Gasteiger partial charge in [-0.1, -0.05) is 12.1 Å². The van der Waals surface area contributed by atoms with E-state index in [-0.39, 0.29) is 0 Å². The lowest BCUT2D eigenvalue weighted by molar-refractivity contribution is 0.331. The summed E-state index contributed by atoms with van der Waals surface area (Å²) in [5, 5.41) is 3.36. The normalized spacial score (nSPS) is 15.8. The van der Waals surface area contributed by atoms with Crippen LogP contribution in [0.4, 0.5) is 5.69 Å². The van der Waals surface area contributed by atoms with E-state index in [1.165, 1.54) is 37.9 Å². The third kappa shape index (κ3) is 3.35. The van der Waals surface area contributed by atoms with Gasteiger partial charge in [0.2, 0.25) is 0 Å². The fraction of sp³-hybridized carbons (Fsp3) is 0.400. The zero-order valence-electron chi connectivity index (χ0n) is 11.0. The number of hydrogen-bond acceptors (Lipinski definition) is 4. The molecule has 0 aliphatic carbocycles. The molecule has 3 rings (SSSR count). The molecular weight excluding hydrogens is 238 g/mol. The summed E-state index contributed by atoms with van der Waals surface area (Å²) in [4.78, 5) is 6.42. The van der Waals surface area contributed by atoms with E-state index in [2.05, 4.69) is 39.5 Å². The van der Waals surface area contributed by atoms with Crippen LogP contribution in [0.15, 0.2) is 41.3 Å². The van der Waals surface area contributed by atoms with Crippen molar-refractivity contribution in [3.8, 4) is 0 Å². The molecule has 19 heavy (non-hydrogen) atoms. The number of rotatable bonds is 5. The molecule has 4 nitrogen and oxygen atoms in total. The second-order valence-electron chi connectivity index (χ2n) is 5.00. The van der Waals surface area contributed by atoms with Gasteiger partial charge in [0.25, 0.3) is 0 Å².